The number of nitrogens with one attached hydrogen (secondary N) is 1. The van der Waals surface area contributed by atoms with Crippen molar-refractivity contribution in [2.75, 3.05) is 5.32 Å². The molecule has 0 unspecified atom stereocenters. The maximum Gasteiger partial charge on any atom is 0.296 e. The number of anilines is 1. The highest BCUT2D eigenvalue weighted by atomic mass is 32.1. The van der Waals surface area contributed by atoms with Gasteiger partial charge in [0.05, 0.1) is 16.4 Å². The molecule has 0 atom stereocenters. The molecule has 0 saturated heterocycles. The van der Waals surface area contributed by atoms with Crippen molar-refractivity contribution in [3.05, 3.63) is 42.3 Å². The summed E-state index contributed by atoms with van der Waals surface area (Å²) < 4.78 is 5.78. The Hall–Kier alpha value is -2.21. The van der Waals surface area contributed by atoms with Crippen LogP contribution in [0, 0.1) is 0 Å². The Bertz CT molecular complexity index is 628. The van der Waals surface area contributed by atoms with Crippen molar-refractivity contribution < 1.29 is 9.32 Å². The van der Waals surface area contributed by atoms with E-state index in [2.05, 4.69) is 15.5 Å². The van der Waals surface area contributed by atoms with Gasteiger partial charge in [-0.3, -0.25) is 10.1 Å². The number of rotatable bonds is 2. The summed E-state index contributed by atoms with van der Waals surface area (Å²) in [7, 11) is 0. The number of amides is 1. The molecule has 0 aliphatic rings. The van der Waals surface area contributed by atoms with Crippen LogP contribution in [0.3, 0.4) is 0 Å². The van der Waals surface area contributed by atoms with E-state index < -0.39 is 0 Å². The van der Waals surface area contributed by atoms with Crippen LogP contribution in [-0.2, 0) is 0 Å². The van der Waals surface area contributed by atoms with Crippen molar-refractivity contribution in [2.45, 2.75) is 7.43 Å². The van der Waals surface area contributed by atoms with Crippen molar-refractivity contribution in [1.29, 1.82) is 0 Å². The Labute approximate surface area is 107 Å². The van der Waals surface area contributed by atoms with E-state index in [0.717, 1.165) is 10.2 Å². The number of carbonyl (C=O) groups is 1. The van der Waals surface area contributed by atoms with Gasteiger partial charge in [0.2, 0.25) is 5.76 Å². The first-order chi connectivity index (χ1) is 8.33. The molecule has 0 fully saturated rings. The third-order valence-corrected chi connectivity index (χ3v) is 3.13. The Morgan fingerprint density at radius 1 is 1.28 bits per heavy atom. The summed E-state index contributed by atoms with van der Waals surface area (Å²) in [5.74, 6) is -0.175. The number of fused-ring (bicyclic) bond motifs is 1. The quantitative estimate of drug-likeness (QED) is 0.769. The molecule has 2 aromatic heterocycles. The zero-order valence-corrected chi connectivity index (χ0v) is 9.40. The molecule has 0 bridgehead atoms. The molecule has 1 N–H and O–H groups in total. The van der Waals surface area contributed by atoms with Gasteiger partial charge in [-0.25, -0.2) is 4.98 Å². The molecule has 6 heteroatoms. The average molecular weight is 261 g/mol. The minimum Gasteiger partial charge on any atom is -0.351 e. The smallest absolute Gasteiger partial charge is 0.296 e. The Morgan fingerprint density at radius 3 is 2.83 bits per heavy atom. The van der Waals surface area contributed by atoms with E-state index in [0.29, 0.717) is 5.13 Å². The molecule has 3 aromatic rings. The predicted octanol–water partition coefficient (Wildman–Crippen LogP) is 3.17. The van der Waals surface area contributed by atoms with Gasteiger partial charge in [0.25, 0.3) is 5.91 Å². The van der Waals surface area contributed by atoms with E-state index in [-0.39, 0.29) is 19.1 Å². The first-order valence-corrected chi connectivity index (χ1v) is 5.72. The molecule has 18 heavy (non-hydrogen) atoms. The van der Waals surface area contributed by atoms with Gasteiger partial charge in [-0.2, -0.15) is 0 Å². The maximum atomic E-state index is 11.7. The van der Waals surface area contributed by atoms with Gasteiger partial charge in [-0.15, -0.1) is 0 Å². The fourth-order valence-corrected chi connectivity index (χ4v) is 2.28. The van der Waals surface area contributed by atoms with Crippen molar-refractivity contribution in [2.24, 2.45) is 0 Å². The molecule has 92 valence electrons. The summed E-state index contributed by atoms with van der Waals surface area (Å²) in [4.78, 5) is 16.0. The second-order valence-electron chi connectivity index (χ2n) is 3.32. The second-order valence-corrected chi connectivity index (χ2v) is 4.35. The second kappa shape index (κ2) is 4.97. The third kappa shape index (κ3) is 2.23. The molecule has 0 radical (unpaired) electrons. The van der Waals surface area contributed by atoms with Gasteiger partial charge < -0.3 is 4.52 Å². The first-order valence-electron chi connectivity index (χ1n) is 4.90. The zero-order valence-electron chi connectivity index (χ0n) is 8.58. The molecule has 1 amide bonds. The molecule has 0 aliphatic carbocycles. The zero-order chi connectivity index (χ0) is 11.7. The van der Waals surface area contributed by atoms with Crippen molar-refractivity contribution in [1.82, 2.24) is 10.1 Å². The molecule has 5 nitrogen and oxygen atoms in total. The SMILES string of the molecule is C.O=C(Nc1nc2ccccc2s1)c1ccno1. The highest BCUT2D eigenvalue weighted by molar-refractivity contribution is 7.22. The van der Waals surface area contributed by atoms with E-state index in [1.165, 1.54) is 23.6 Å². The molecule has 0 saturated carbocycles. The molecule has 1 aromatic carbocycles. The van der Waals surface area contributed by atoms with Crippen molar-refractivity contribution in [3.63, 3.8) is 0 Å². The fourth-order valence-electron chi connectivity index (χ4n) is 1.42. The van der Waals surface area contributed by atoms with Crippen LogP contribution in [0.5, 0.6) is 0 Å². The van der Waals surface area contributed by atoms with Crippen LogP contribution in [0.15, 0.2) is 41.1 Å². The number of para-hydroxylation sites is 1. The summed E-state index contributed by atoms with van der Waals surface area (Å²) in [6.07, 6.45) is 1.42. The Kier molecular flexibility index (Phi) is 3.38. The van der Waals surface area contributed by atoms with E-state index in [1.54, 1.807) is 0 Å². The summed E-state index contributed by atoms with van der Waals surface area (Å²) >= 11 is 1.42. The van der Waals surface area contributed by atoms with Gasteiger partial charge in [-0.05, 0) is 12.1 Å². The lowest BCUT2D eigenvalue weighted by atomic mass is 10.3. The van der Waals surface area contributed by atoms with Crippen molar-refractivity contribution >= 4 is 32.6 Å². The summed E-state index contributed by atoms with van der Waals surface area (Å²) in [6, 6.07) is 9.20. The van der Waals surface area contributed by atoms with Crippen molar-refractivity contribution in [3.8, 4) is 0 Å². The van der Waals surface area contributed by atoms with Crippen LogP contribution < -0.4 is 5.32 Å². The highest BCUT2D eigenvalue weighted by Gasteiger charge is 2.12. The number of aromatic nitrogens is 2. The maximum absolute atomic E-state index is 11.7. The summed E-state index contributed by atoms with van der Waals surface area (Å²) in [5.41, 5.74) is 0.866. The van der Waals surface area contributed by atoms with Gasteiger partial charge in [-0.1, -0.05) is 36.1 Å². The molecule has 2 heterocycles. The summed E-state index contributed by atoms with van der Waals surface area (Å²) in [5, 5.41) is 6.69. The van der Waals surface area contributed by atoms with Crippen LogP contribution >= 0.6 is 11.3 Å². The van der Waals surface area contributed by atoms with E-state index in [4.69, 9.17) is 4.52 Å². The number of hydrogen-bond acceptors (Lipinski definition) is 5. The number of nitrogens with zero attached hydrogens (tertiary/aromatic N) is 2. The van der Waals surface area contributed by atoms with Gasteiger partial charge >= 0.3 is 0 Å². The molecular weight excluding hydrogens is 250 g/mol. The number of thiazole rings is 1. The minimum absolute atomic E-state index is 0. The normalized spacial score (nSPS) is 10.0. The van der Waals surface area contributed by atoms with Gasteiger partial charge in [0.1, 0.15) is 0 Å². The van der Waals surface area contributed by atoms with E-state index >= 15 is 0 Å². The van der Waals surface area contributed by atoms with Crippen LogP contribution in [0.2, 0.25) is 0 Å². The standard InChI is InChI=1S/C11H7N3O2S.CH4/c15-10(8-5-6-12-16-8)14-11-13-7-3-1-2-4-9(7)17-11;/h1-6H,(H,13,14,15);1H4. The molecular formula is C12H11N3O2S. The predicted molar refractivity (Wildman–Crippen MR) is 70.8 cm³/mol. The minimum atomic E-state index is -0.346. The lowest BCUT2D eigenvalue weighted by Gasteiger charge is -1.95. The first kappa shape index (κ1) is 12.3. The van der Waals surface area contributed by atoms with Gasteiger partial charge in [0.15, 0.2) is 5.13 Å². The summed E-state index contributed by atoms with van der Waals surface area (Å²) in [6.45, 7) is 0. The number of hydrogen-bond donors (Lipinski definition) is 1. The lowest BCUT2D eigenvalue weighted by molar-refractivity contribution is 0.0988. The Morgan fingerprint density at radius 2 is 2.11 bits per heavy atom. The topological polar surface area (TPSA) is 68.0 Å². The fraction of sp³-hybridized carbons (Fsp3) is 0.0833. The van der Waals surface area contributed by atoms with Crippen LogP contribution in [0.4, 0.5) is 5.13 Å². The Balaban J connectivity index is 0.00000120. The third-order valence-electron chi connectivity index (χ3n) is 2.18. The number of carbonyl (C=O) groups excluding carboxylic acids is 1. The van der Waals surface area contributed by atoms with E-state index in [1.807, 2.05) is 24.3 Å². The van der Waals surface area contributed by atoms with E-state index in [9.17, 15) is 4.79 Å². The van der Waals surface area contributed by atoms with Crippen LogP contribution in [0.25, 0.3) is 10.2 Å². The highest BCUT2D eigenvalue weighted by Crippen LogP contribution is 2.25. The lowest BCUT2D eigenvalue weighted by Crippen LogP contribution is -2.10. The average Bonchev–Trinajstić information content (AvgIpc) is 2.97. The van der Waals surface area contributed by atoms with Crippen LogP contribution in [0.1, 0.15) is 18.0 Å². The number of benzene rings is 1. The van der Waals surface area contributed by atoms with Gasteiger partial charge in [0, 0.05) is 6.07 Å². The largest absolute Gasteiger partial charge is 0.351 e. The van der Waals surface area contributed by atoms with Crippen LogP contribution in [-0.4, -0.2) is 16.0 Å². The molecule has 0 spiro atoms. The molecule has 0 aliphatic heterocycles. The monoisotopic (exact) mass is 261 g/mol. The molecule has 3 rings (SSSR count).